The second kappa shape index (κ2) is 7.40. The molecule has 0 bridgehead atoms. The molecule has 1 N–H and O–H groups in total. The summed E-state index contributed by atoms with van der Waals surface area (Å²) in [7, 11) is 1.68. The normalized spacial score (nSPS) is 16.1. The van der Waals surface area contributed by atoms with E-state index in [0.29, 0.717) is 17.2 Å². The molecule has 0 saturated heterocycles. The van der Waals surface area contributed by atoms with Gasteiger partial charge in [-0.15, -0.1) is 0 Å². The molecule has 1 atom stereocenters. The molecule has 0 aliphatic carbocycles. The lowest BCUT2D eigenvalue weighted by molar-refractivity contribution is -0.385. The van der Waals surface area contributed by atoms with E-state index in [4.69, 9.17) is 0 Å². The van der Waals surface area contributed by atoms with Crippen molar-refractivity contribution in [2.75, 3.05) is 28.7 Å². The first-order chi connectivity index (χ1) is 12.9. The van der Waals surface area contributed by atoms with E-state index in [9.17, 15) is 19.7 Å². The zero-order chi connectivity index (χ0) is 19.6. The quantitative estimate of drug-likeness (QED) is 0.654. The lowest BCUT2D eigenvalue weighted by Gasteiger charge is -2.30. The summed E-state index contributed by atoms with van der Waals surface area (Å²) in [6.45, 7) is 1.83. The number of carbonyl (C=O) groups excluding carboxylic acids is 2. The molecule has 2 aromatic rings. The molecule has 0 saturated carbocycles. The molecule has 1 aliphatic heterocycles. The van der Waals surface area contributed by atoms with Crippen molar-refractivity contribution in [2.24, 2.45) is 0 Å². The van der Waals surface area contributed by atoms with Crippen LogP contribution in [-0.4, -0.2) is 41.4 Å². The van der Waals surface area contributed by atoms with Gasteiger partial charge in [0.1, 0.15) is 12.0 Å². The number of nitrogens with zero attached hydrogens (tertiary/aromatic N) is 4. The van der Waals surface area contributed by atoms with Gasteiger partial charge in [-0.25, -0.2) is 4.98 Å². The fourth-order valence-corrected chi connectivity index (χ4v) is 3.04. The Kier molecular flexibility index (Phi) is 5.02. The molecule has 1 aromatic carbocycles. The minimum atomic E-state index is -0.526. The van der Waals surface area contributed by atoms with Crippen molar-refractivity contribution in [1.82, 2.24) is 4.98 Å². The van der Waals surface area contributed by atoms with Crippen LogP contribution in [0.25, 0.3) is 0 Å². The maximum Gasteiger partial charge on any atom is 0.287 e. The van der Waals surface area contributed by atoms with E-state index in [2.05, 4.69) is 10.3 Å². The molecule has 0 fully saturated rings. The third-order valence-corrected chi connectivity index (χ3v) is 4.33. The number of nitrogens with one attached hydrogen (secondary N) is 1. The maximum atomic E-state index is 13.0. The number of hydrogen-bond donors (Lipinski definition) is 1. The number of benzene rings is 1. The Bertz CT molecular complexity index is 884. The van der Waals surface area contributed by atoms with Crippen LogP contribution < -0.4 is 15.1 Å². The Morgan fingerprint density at radius 1 is 1.37 bits per heavy atom. The van der Waals surface area contributed by atoms with Gasteiger partial charge in [-0.3, -0.25) is 19.7 Å². The Labute approximate surface area is 155 Å². The molecule has 140 valence electrons. The van der Waals surface area contributed by atoms with Gasteiger partial charge in [0.15, 0.2) is 0 Å². The molecule has 0 unspecified atom stereocenters. The molecular weight excluding hydrogens is 350 g/mol. The summed E-state index contributed by atoms with van der Waals surface area (Å²) in [6, 6.07) is 9.69. The summed E-state index contributed by atoms with van der Waals surface area (Å²) in [4.78, 5) is 42.5. The summed E-state index contributed by atoms with van der Waals surface area (Å²) in [5.74, 6) is 0.101. The molecule has 1 aliphatic rings. The van der Waals surface area contributed by atoms with Crippen LogP contribution in [0.1, 0.15) is 13.3 Å². The minimum Gasteiger partial charge on any atom is -0.350 e. The first-order valence-corrected chi connectivity index (χ1v) is 8.39. The van der Waals surface area contributed by atoms with Gasteiger partial charge in [-0.2, -0.15) is 0 Å². The third kappa shape index (κ3) is 3.86. The fourth-order valence-electron chi connectivity index (χ4n) is 3.04. The van der Waals surface area contributed by atoms with Gasteiger partial charge < -0.3 is 15.1 Å². The van der Waals surface area contributed by atoms with Gasteiger partial charge >= 0.3 is 0 Å². The van der Waals surface area contributed by atoms with Crippen molar-refractivity contribution in [1.29, 1.82) is 0 Å². The molecule has 2 amide bonds. The summed E-state index contributed by atoms with van der Waals surface area (Å²) in [5.41, 5.74) is 1.13. The van der Waals surface area contributed by atoms with Crippen LogP contribution in [0.3, 0.4) is 0 Å². The number of pyridine rings is 1. The van der Waals surface area contributed by atoms with Crippen LogP contribution in [0.5, 0.6) is 0 Å². The van der Waals surface area contributed by atoms with E-state index in [1.54, 1.807) is 35.0 Å². The molecule has 2 heterocycles. The maximum absolute atomic E-state index is 13.0. The van der Waals surface area contributed by atoms with Crippen LogP contribution in [0.15, 0.2) is 42.6 Å². The largest absolute Gasteiger partial charge is 0.350 e. The number of aromatic nitrogens is 1. The highest BCUT2D eigenvalue weighted by atomic mass is 16.6. The molecule has 0 spiro atoms. The zero-order valence-electron chi connectivity index (χ0n) is 15.0. The highest BCUT2D eigenvalue weighted by molar-refractivity contribution is 6.05. The Morgan fingerprint density at radius 2 is 2.11 bits per heavy atom. The second-order valence-corrected chi connectivity index (χ2v) is 6.37. The highest BCUT2D eigenvalue weighted by Gasteiger charge is 2.30. The van der Waals surface area contributed by atoms with Gasteiger partial charge in [0.25, 0.3) is 5.69 Å². The Morgan fingerprint density at radius 3 is 2.78 bits per heavy atom. The predicted molar refractivity (Wildman–Crippen MR) is 101 cm³/mol. The van der Waals surface area contributed by atoms with E-state index in [-0.39, 0.29) is 36.5 Å². The number of anilines is 3. The van der Waals surface area contributed by atoms with E-state index >= 15 is 0 Å². The number of carbonyl (C=O) groups is 2. The highest BCUT2D eigenvalue weighted by Crippen LogP contribution is 2.31. The van der Waals surface area contributed by atoms with Crippen LogP contribution in [-0.2, 0) is 9.59 Å². The van der Waals surface area contributed by atoms with Crippen molar-refractivity contribution in [3.05, 3.63) is 52.7 Å². The van der Waals surface area contributed by atoms with Crippen molar-refractivity contribution < 1.29 is 14.5 Å². The molecule has 0 radical (unpaired) electrons. The van der Waals surface area contributed by atoms with Gasteiger partial charge in [0.05, 0.1) is 22.8 Å². The molecular formula is C18H19N5O4. The number of para-hydroxylation sites is 2. The van der Waals surface area contributed by atoms with Gasteiger partial charge in [-0.05, 0) is 25.1 Å². The molecule has 27 heavy (non-hydrogen) atoms. The van der Waals surface area contributed by atoms with Crippen molar-refractivity contribution in [3.63, 3.8) is 0 Å². The second-order valence-electron chi connectivity index (χ2n) is 6.37. The average Bonchev–Trinajstić information content (AvgIpc) is 2.75. The summed E-state index contributed by atoms with van der Waals surface area (Å²) in [5, 5.41) is 13.6. The smallest absolute Gasteiger partial charge is 0.287 e. The van der Waals surface area contributed by atoms with Crippen molar-refractivity contribution in [3.8, 4) is 0 Å². The number of fused-ring (bicyclic) bond motifs is 1. The third-order valence-electron chi connectivity index (χ3n) is 4.33. The number of rotatable bonds is 4. The van der Waals surface area contributed by atoms with E-state index < -0.39 is 4.92 Å². The fraction of sp³-hybridized carbons (Fsp3) is 0.278. The van der Waals surface area contributed by atoms with Crippen LogP contribution >= 0.6 is 0 Å². The SMILES string of the molecule is C[C@@H]1CC(=O)Nc2ccccc2N1C(=O)CN(C)c1ccc([N+](=O)[O-])cn1. The van der Waals surface area contributed by atoms with Gasteiger partial charge in [0, 0.05) is 25.6 Å². The lowest BCUT2D eigenvalue weighted by atomic mass is 10.1. The molecule has 1 aromatic heterocycles. The van der Waals surface area contributed by atoms with E-state index in [0.717, 1.165) is 6.20 Å². The predicted octanol–water partition coefficient (Wildman–Crippen LogP) is 2.19. The van der Waals surface area contributed by atoms with E-state index in [1.165, 1.54) is 12.1 Å². The Hall–Kier alpha value is -3.49. The lowest BCUT2D eigenvalue weighted by Crippen LogP contribution is -2.44. The number of hydrogen-bond acceptors (Lipinski definition) is 6. The first-order valence-electron chi connectivity index (χ1n) is 8.39. The number of amides is 2. The molecule has 9 nitrogen and oxygen atoms in total. The van der Waals surface area contributed by atoms with Crippen molar-refractivity contribution >= 4 is 34.7 Å². The molecule has 3 rings (SSSR count). The van der Waals surface area contributed by atoms with Gasteiger partial charge in [0.2, 0.25) is 11.8 Å². The number of nitro groups is 1. The van der Waals surface area contributed by atoms with Crippen LogP contribution in [0, 0.1) is 10.1 Å². The Balaban J connectivity index is 1.82. The first kappa shape index (κ1) is 18.3. The number of likely N-dealkylation sites (N-methyl/N-ethyl adjacent to an activating group) is 1. The summed E-state index contributed by atoms with van der Waals surface area (Å²) in [6.07, 6.45) is 1.35. The monoisotopic (exact) mass is 369 g/mol. The zero-order valence-corrected chi connectivity index (χ0v) is 15.0. The standard InChI is InChI=1S/C18H19N5O4/c1-12-9-17(24)20-14-5-3-4-6-15(14)22(12)18(25)11-21(2)16-8-7-13(10-19-16)23(26)27/h3-8,10,12H,9,11H2,1-2H3,(H,20,24)/t12-/m1/s1. The molecule has 9 heteroatoms. The summed E-state index contributed by atoms with van der Waals surface area (Å²) < 4.78 is 0. The summed E-state index contributed by atoms with van der Waals surface area (Å²) >= 11 is 0. The van der Waals surface area contributed by atoms with Crippen LogP contribution in [0.2, 0.25) is 0 Å². The minimum absolute atomic E-state index is 0.0116. The van der Waals surface area contributed by atoms with Crippen molar-refractivity contribution in [2.45, 2.75) is 19.4 Å². The average molecular weight is 369 g/mol. The topological polar surface area (TPSA) is 109 Å². The van der Waals surface area contributed by atoms with Crippen LogP contribution in [0.4, 0.5) is 22.9 Å². The van der Waals surface area contributed by atoms with E-state index in [1.807, 2.05) is 13.0 Å². The van der Waals surface area contributed by atoms with Gasteiger partial charge in [-0.1, -0.05) is 12.1 Å².